The first-order valence-corrected chi connectivity index (χ1v) is 5.15. The predicted octanol–water partition coefficient (Wildman–Crippen LogP) is 1.10. The number of nitrogens with one attached hydrogen (secondary N) is 1. The first-order valence-electron chi connectivity index (χ1n) is 5.15. The summed E-state index contributed by atoms with van der Waals surface area (Å²) in [5.74, 6) is -0.748. The van der Waals surface area contributed by atoms with Gasteiger partial charge in [-0.3, -0.25) is 9.78 Å². The Bertz CT molecular complexity index is 557. The van der Waals surface area contributed by atoms with Crippen LogP contribution in [0.15, 0.2) is 30.5 Å². The van der Waals surface area contributed by atoms with E-state index in [4.69, 9.17) is 5.11 Å². The van der Waals surface area contributed by atoms with E-state index in [1.165, 1.54) is 12.3 Å². The van der Waals surface area contributed by atoms with Crippen LogP contribution in [0.3, 0.4) is 0 Å². The summed E-state index contributed by atoms with van der Waals surface area (Å²) in [7, 11) is 0. The number of aliphatic hydroxyl groups is 1. The van der Waals surface area contributed by atoms with Gasteiger partial charge in [-0.15, -0.1) is 0 Å². The molecule has 0 aliphatic rings. The SMILES string of the molecule is O=C(NCCO)c1cnc2c(F)cccc2c1. The third-order valence-electron chi connectivity index (χ3n) is 2.32. The Balaban J connectivity index is 2.35. The second-order valence-corrected chi connectivity index (χ2v) is 3.52. The molecule has 1 heterocycles. The maximum Gasteiger partial charge on any atom is 0.252 e. The van der Waals surface area contributed by atoms with Gasteiger partial charge in [-0.25, -0.2) is 4.39 Å². The van der Waals surface area contributed by atoms with Crippen LogP contribution in [0.25, 0.3) is 10.9 Å². The average molecular weight is 234 g/mol. The summed E-state index contributed by atoms with van der Waals surface area (Å²) in [6, 6.07) is 6.14. The van der Waals surface area contributed by atoms with Crippen LogP contribution in [0.2, 0.25) is 0 Å². The van der Waals surface area contributed by atoms with Crippen LogP contribution in [-0.4, -0.2) is 29.1 Å². The molecule has 0 bridgehead atoms. The standard InChI is InChI=1S/C12H11FN2O2/c13-10-3-1-2-8-6-9(7-15-11(8)10)12(17)14-4-5-16/h1-3,6-7,16H,4-5H2,(H,14,17). The second kappa shape index (κ2) is 4.88. The molecule has 17 heavy (non-hydrogen) atoms. The predicted molar refractivity (Wildman–Crippen MR) is 61.1 cm³/mol. The van der Waals surface area contributed by atoms with E-state index >= 15 is 0 Å². The molecule has 0 fully saturated rings. The number of fused-ring (bicyclic) bond motifs is 1. The van der Waals surface area contributed by atoms with Crippen molar-refractivity contribution in [1.82, 2.24) is 10.3 Å². The molecule has 1 aromatic carbocycles. The first kappa shape index (κ1) is 11.5. The minimum atomic E-state index is -0.412. The number of pyridine rings is 1. The molecule has 1 aromatic heterocycles. The van der Waals surface area contributed by atoms with E-state index in [9.17, 15) is 9.18 Å². The van der Waals surface area contributed by atoms with Crippen molar-refractivity contribution in [1.29, 1.82) is 0 Å². The number of benzene rings is 1. The lowest BCUT2D eigenvalue weighted by atomic mass is 10.1. The number of aromatic nitrogens is 1. The number of carbonyl (C=O) groups excluding carboxylic acids is 1. The van der Waals surface area contributed by atoms with Crippen LogP contribution in [0.5, 0.6) is 0 Å². The van der Waals surface area contributed by atoms with Crippen LogP contribution in [0.4, 0.5) is 4.39 Å². The fourth-order valence-corrected chi connectivity index (χ4v) is 1.52. The Hall–Kier alpha value is -2.01. The maximum absolute atomic E-state index is 13.3. The van der Waals surface area contributed by atoms with Gasteiger partial charge < -0.3 is 10.4 Å². The highest BCUT2D eigenvalue weighted by Crippen LogP contribution is 2.16. The van der Waals surface area contributed by atoms with Gasteiger partial charge in [0.15, 0.2) is 0 Å². The zero-order valence-electron chi connectivity index (χ0n) is 8.98. The van der Waals surface area contributed by atoms with Crippen molar-refractivity contribution in [3.05, 3.63) is 41.8 Å². The molecule has 88 valence electrons. The molecule has 0 saturated heterocycles. The highest BCUT2D eigenvalue weighted by molar-refractivity contribution is 5.97. The molecule has 2 rings (SSSR count). The Morgan fingerprint density at radius 2 is 2.29 bits per heavy atom. The van der Waals surface area contributed by atoms with Crippen molar-refractivity contribution >= 4 is 16.8 Å². The minimum Gasteiger partial charge on any atom is -0.395 e. The van der Waals surface area contributed by atoms with E-state index in [0.717, 1.165) is 0 Å². The molecule has 2 aromatic rings. The molecule has 0 aliphatic carbocycles. The highest BCUT2D eigenvalue weighted by Gasteiger charge is 2.08. The highest BCUT2D eigenvalue weighted by atomic mass is 19.1. The Morgan fingerprint density at radius 3 is 3.06 bits per heavy atom. The van der Waals surface area contributed by atoms with E-state index in [1.54, 1.807) is 18.2 Å². The number of hydrogen-bond acceptors (Lipinski definition) is 3. The fraction of sp³-hybridized carbons (Fsp3) is 0.167. The van der Waals surface area contributed by atoms with Gasteiger partial charge in [-0.1, -0.05) is 12.1 Å². The van der Waals surface area contributed by atoms with Crippen molar-refractivity contribution in [3.8, 4) is 0 Å². The van der Waals surface area contributed by atoms with Crippen molar-refractivity contribution in [2.45, 2.75) is 0 Å². The lowest BCUT2D eigenvalue weighted by Gasteiger charge is -2.04. The lowest BCUT2D eigenvalue weighted by Crippen LogP contribution is -2.26. The van der Waals surface area contributed by atoms with Crippen LogP contribution in [-0.2, 0) is 0 Å². The number of halogens is 1. The third-order valence-corrected chi connectivity index (χ3v) is 2.32. The summed E-state index contributed by atoms with van der Waals surface area (Å²) >= 11 is 0. The summed E-state index contributed by atoms with van der Waals surface area (Å²) in [6.45, 7) is 0.0569. The minimum absolute atomic E-state index is 0.124. The number of hydrogen-bond donors (Lipinski definition) is 2. The molecule has 2 N–H and O–H groups in total. The normalized spacial score (nSPS) is 10.5. The smallest absolute Gasteiger partial charge is 0.252 e. The van der Waals surface area contributed by atoms with Crippen molar-refractivity contribution in [3.63, 3.8) is 0 Å². The van der Waals surface area contributed by atoms with Gasteiger partial charge in [-0.2, -0.15) is 0 Å². The van der Waals surface area contributed by atoms with Crippen molar-refractivity contribution in [2.24, 2.45) is 0 Å². The van der Waals surface area contributed by atoms with E-state index in [0.29, 0.717) is 10.9 Å². The fourth-order valence-electron chi connectivity index (χ4n) is 1.52. The van der Waals surface area contributed by atoms with Crippen LogP contribution < -0.4 is 5.32 Å². The van der Waals surface area contributed by atoms with Crippen molar-refractivity contribution < 1.29 is 14.3 Å². The average Bonchev–Trinajstić information content (AvgIpc) is 2.36. The molecular weight excluding hydrogens is 223 g/mol. The number of nitrogens with zero attached hydrogens (tertiary/aromatic N) is 1. The number of rotatable bonds is 3. The number of amides is 1. The Morgan fingerprint density at radius 1 is 1.47 bits per heavy atom. The maximum atomic E-state index is 13.3. The summed E-state index contributed by atoms with van der Waals surface area (Å²) in [6.07, 6.45) is 1.32. The first-order chi connectivity index (χ1) is 8.22. The molecule has 0 spiro atoms. The van der Waals surface area contributed by atoms with Gasteiger partial charge in [-0.05, 0) is 12.1 Å². The molecule has 5 heteroatoms. The van der Waals surface area contributed by atoms with Gasteiger partial charge in [0.2, 0.25) is 0 Å². The number of aliphatic hydroxyl groups excluding tert-OH is 1. The molecule has 1 amide bonds. The lowest BCUT2D eigenvalue weighted by molar-refractivity contribution is 0.0944. The van der Waals surface area contributed by atoms with Gasteiger partial charge in [0.25, 0.3) is 5.91 Å². The van der Waals surface area contributed by atoms with Crippen molar-refractivity contribution in [2.75, 3.05) is 13.2 Å². The molecule has 0 radical (unpaired) electrons. The topological polar surface area (TPSA) is 62.2 Å². The third kappa shape index (κ3) is 2.39. The van der Waals surface area contributed by atoms with E-state index in [1.807, 2.05) is 0 Å². The number of carbonyl (C=O) groups is 1. The van der Waals surface area contributed by atoms with Crippen LogP contribution in [0, 0.1) is 5.82 Å². The van der Waals surface area contributed by atoms with Gasteiger partial charge in [0, 0.05) is 18.1 Å². The largest absolute Gasteiger partial charge is 0.395 e. The van der Waals surface area contributed by atoms with E-state index in [2.05, 4.69) is 10.3 Å². The van der Waals surface area contributed by atoms with Crippen LogP contribution >= 0.6 is 0 Å². The van der Waals surface area contributed by atoms with E-state index < -0.39 is 5.82 Å². The summed E-state index contributed by atoms with van der Waals surface area (Å²) in [4.78, 5) is 15.5. The van der Waals surface area contributed by atoms with E-state index in [-0.39, 0.29) is 24.6 Å². The second-order valence-electron chi connectivity index (χ2n) is 3.52. The van der Waals surface area contributed by atoms with Crippen LogP contribution in [0.1, 0.15) is 10.4 Å². The van der Waals surface area contributed by atoms with Gasteiger partial charge >= 0.3 is 0 Å². The summed E-state index contributed by atoms with van der Waals surface area (Å²) < 4.78 is 13.3. The summed E-state index contributed by atoms with van der Waals surface area (Å²) in [5.41, 5.74) is 0.586. The van der Waals surface area contributed by atoms with Gasteiger partial charge in [0.1, 0.15) is 11.3 Å². The quantitative estimate of drug-likeness (QED) is 0.835. The molecule has 4 nitrogen and oxygen atoms in total. The monoisotopic (exact) mass is 234 g/mol. The Kier molecular flexibility index (Phi) is 3.30. The number of para-hydroxylation sites is 1. The summed E-state index contributed by atoms with van der Waals surface area (Å²) in [5, 5.41) is 11.7. The zero-order valence-corrected chi connectivity index (χ0v) is 8.98. The Labute approximate surface area is 97.1 Å². The molecule has 0 unspecified atom stereocenters. The van der Waals surface area contributed by atoms with Gasteiger partial charge in [0.05, 0.1) is 12.2 Å². The molecule has 0 saturated carbocycles. The molecular formula is C12H11FN2O2. The zero-order chi connectivity index (χ0) is 12.3. The molecule has 0 aliphatic heterocycles. The molecule has 0 atom stereocenters.